The number of nitrogen functional groups attached to an aromatic ring is 1. The Morgan fingerprint density at radius 1 is 1.53 bits per heavy atom. The first kappa shape index (κ1) is 14.1. The van der Waals surface area contributed by atoms with Crippen LogP contribution in [-0.2, 0) is 11.3 Å². The van der Waals surface area contributed by atoms with Crippen LogP contribution in [0.4, 0.5) is 11.5 Å². The third kappa shape index (κ3) is 3.39. The second kappa shape index (κ2) is 6.25. The van der Waals surface area contributed by atoms with Crippen molar-refractivity contribution < 1.29 is 4.74 Å². The number of likely N-dealkylation sites (N-methyl/N-ethyl adjacent to an activating group) is 1. The molecule has 0 spiro atoms. The molecule has 1 aromatic rings. The summed E-state index contributed by atoms with van der Waals surface area (Å²) in [6.07, 6.45) is 1.25. The molecule has 1 unspecified atom stereocenters. The summed E-state index contributed by atoms with van der Waals surface area (Å²) in [6.45, 7) is 8.48. The first-order chi connectivity index (χ1) is 9.11. The van der Waals surface area contributed by atoms with E-state index in [9.17, 15) is 0 Å². The highest BCUT2D eigenvalue weighted by atomic mass is 16.5. The highest BCUT2D eigenvalue weighted by Gasteiger charge is 2.19. The molecule has 0 aromatic carbocycles. The van der Waals surface area contributed by atoms with Crippen molar-refractivity contribution in [2.75, 3.05) is 44.3 Å². The molecule has 108 valence electrons. The third-order valence-corrected chi connectivity index (χ3v) is 3.45. The van der Waals surface area contributed by atoms with Gasteiger partial charge in [0.05, 0.1) is 24.1 Å². The highest BCUT2D eigenvalue weighted by Crippen LogP contribution is 2.22. The van der Waals surface area contributed by atoms with Crippen LogP contribution in [-0.4, -0.2) is 54.1 Å². The van der Waals surface area contributed by atoms with Gasteiger partial charge in [-0.1, -0.05) is 6.92 Å². The normalized spacial score (nSPS) is 20.7. The third-order valence-electron chi connectivity index (χ3n) is 3.45. The molecule has 0 saturated carbocycles. The molecule has 1 aliphatic rings. The van der Waals surface area contributed by atoms with E-state index in [1.165, 1.54) is 0 Å². The molecule has 1 aromatic heterocycles. The first-order valence-corrected chi connectivity index (χ1v) is 6.98. The van der Waals surface area contributed by atoms with Crippen LogP contribution in [0.15, 0.2) is 0 Å². The maximum Gasteiger partial charge on any atom is 0.148 e. The van der Waals surface area contributed by atoms with Gasteiger partial charge in [0, 0.05) is 26.2 Å². The molecule has 1 fully saturated rings. The van der Waals surface area contributed by atoms with Crippen LogP contribution in [0, 0.1) is 6.92 Å². The van der Waals surface area contributed by atoms with Crippen molar-refractivity contribution in [3.8, 4) is 0 Å². The summed E-state index contributed by atoms with van der Waals surface area (Å²) in [5.41, 5.74) is 7.71. The molecule has 6 nitrogen and oxygen atoms in total. The van der Waals surface area contributed by atoms with Gasteiger partial charge in [0.2, 0.25) is 0 Å². The summed E-state index contributed by atoms with van der Waals surface area (Å²) in [4.78, 5) is 2.29. The molecule has 0 aliphatic carbocycles. The molecule has 2 heterocycles. The topological polar surface area (TPSA) is 68.3 Å². The minimum absolute atomic E-state index is 0.212. The zero-order valence-electron chi connectivity index (χ0n) is 12.1. The second-order valence-corrected chi connectivity index (χ2v) is 5.21. The average Bonchev–Trinajstić information content (AvgIpc) is 2.63. The Labute approximate surface area is 114 Å². The van der Waals surface area contributed by atoms with Crippen LogP contribution < -0.4 is 11.1 Å². The number of nitrogens with zero attached hydrogens (tertiary/aromatic N) is 3. The van der Waals surface area contributed by atoms with Crippen molar-refractivity contribution in [3.63, 3.8) is 0 Å². The van der Waals surface area contributed by atoms with Crippen LogP contribution >= 0.6 is 0 Å². The van der Waals surface area contributed by atoms with Gasteiger partial charge in [-0.25, -0.2) is 4.68 Å². The molecule has 0 amide bonds. The number of rotatable bonds is 5. The molecular formula is C13H25N5O. The number of aryl methyl sites for hydroxylation is 2. The number of hydrogen-bond donors (Lipinski definition) is 2. The Morgan fingerprint density at radius 2 is 2.32 bits per heavy atom. The molecule has 1 aliphatic heterocycles. The van der Waals surface area contributed by atoms with Gasteiger partial charge >= 0.3 is 0 Å². The lowest BCUT2D eigenvalue weighted by molar-refractivity contribution is -0.0117. The van der Waals surface area contributed by atoms with Gasteiger partial charge in [-0.2, -0.15) is 5.10 Å². The number of ether oxygens (including phenoxy) is 1. The largest absolute Gasteiger partial charge is 0.394 e. The lowest BCUT2D eigenvalue weighted by Crippen LogP contribution is -2.43. The molecule has 2 rings (SSSR count). The van der Waals surface area contributed by atoms with Crippen LogP contribution in [0.2, 0.25) is 0 Å². The molecule has 3 N–H and O–H groups in total. The number of nitrogens with one attached hydrogen (secondary N) is 1. The van der Waals surface area contributed by atoms with Crippen LogP contribution in [0.5, 0.6) is 0 Å². The molecule has 6 heteroatoms. The van der Waals surface area contributed by atoms with Gasteiger partial charge in [-0.15, -0.1) is 0 Å². The van der Waals surface area contributed by atoms with Crippen LogP contribution in [0.3, 0.4) is 0 Å². The van der Waals surface area contributed by atoms with Gasteiger partial charge in [0.25, 0.3) is 0 Å². The Bertz CT molecular complexity index is 417. The van der Waals surface area contributed by atoms with Crippen molar-refractivity contribution in [1.82, 2.24) is 14.7 Å². The van der Waals surface area contributed by atoms with E-state index in [1.807, 2.05) is 11.6 Å². The minimum Gasteiger partial charge on any atom is -0.394 e. The first-order valence-electron chi connectivity index (χ1n) is 6.98. The maximum absolute atomic E-state index is 6.08. The summed E-state index contributed by atoms with van der Waals surface area (Å²) in [5, 5.41) is 7.86. The maximum atomic E-state index is 6.08. The summed E-state index contributed by atoms with van der Waals surface area (Å²) >= 11 is 0. The molecule has 1 saturated heterocycles. The smallest absolute Gasteiger partial charge is 0.148 e. The van der Waals surface area contributed by atoms with E-state index in [0.717, 1.165) is 56.4 Å². The molecule has 1 atom stereocenters. The monoisotopic (exact) mass is 267 g/mol. The van der Waals surface area contributed by atoms with E-state index in [1.54, 1.807) is 0 Å². The Balaban J connectivity index is 1.98. The zero-order valence-corrected chi connectivity index (χ0v) is 12.1. The lowest BCUT2D eigenvalue weighted by Gasteiger charge is -2.30. The van der Waals surface area contributed by atoms with Gasteiger partial charge in [-0.3, -0.25) is 0 Å². The Hall–Kier alpha value is -1.27. The Kier molecular flexibility index (Phi) is 4.66. The van der Waals surface area contributed by atoms with E-state index in [4.69, 9.17) is 10.5 Å². The van der Waals surface area contributed by atoms with Crippen molar-refractivity contribution in [2.45, 2.75) is 32.9 Å². The summed E-state index contributed by atoms with van der Waals surface area (Å²) in [7, 11) is 2.12. The predicted molar refractivity (Wildman–Crippen MR) is 77.4 cm³/mol. The minimum atomic E-state index is 0.212. The van der Waals surface area contributed by atoms with E-state index < -0.39 is 0 Å². The van der Waals surface area contributed by atoms with Crippen molar-refractivity contribution >= 4 is 11.5 Å². The number of nitrogens with two attached hydrogens (primary N) is 1. The quantitative estimate of drug-likeness (QED) is 0.830. The number of aromatic nitrogens is 2. The summed E-state index contributed by atoms with van der Waals surface area (Å²) in [6, 6.07) is 0. The van der Waals surface area contributed by atoms with Crippen LogP contribution in [0.1, 0.15) is 19.0 Å². The number of morpholine rings is 1. The molecular weight excluding hydrogens is 242 g/mol. The number of hydrogen-bond acceptors (Lipinski definition) is 5. The number of anilines is 2. The fourth-order valence-corrected chi connectivity index (χ4v) is 2.36. The summed E-state index contributed by atoms with van der Waals surface area (Å²) < 4.78 is 7.70. The van der Waals surface area contributed by atoms with Crippen molar-refractivity contribution in [3.05, 3.63) is 5.69 Å². The summed E-state index contributed by atoms with van der Waals surface area (Å²) in [5.74, 6) is 0.927. The van der Waals surface area contributed by atoms with Gasteiger partial charge in [0.15, 0.2) is 0 Å². The van der Waals surface area contributed by atoms with E-state index >= 15 is 0 Å². The zero-order chi connectivity index (χ0) is 13.8. The standard InChI is InChI=1S/C13H25N5O/c1-4-5-18-13(12(14)10(2)16-18)15-8-11-9-17(3)6-7-19-11/h11,15H,4-9,14H2,1-3H3. The fraction of sp³-hybridized carbons (Fsp3) is 0.769. The second-order valence-electron chi connectivity index (χ2n) is 5.21. The van der Waals surface area contributed by atoms with E-state index in [0.29, 0.717) is 0 Å². The van der Waals surface area contributed by atoms with E-state index in [-0.39, 0.29) is 6.10 Å². The fourth-order valence-electron chi connectivity index (χ4n) is 2.36. The average molecular weight is 267 g/mol. The van der Waals surface area contributed by atoms with Gasteiger partial charge < -0.3 is 20.7 Å². The van der Waals surface area contributed by atoms with Gasteiger partial charge in [0.1, 0.15) is 5.82 Å². The Morgan fingerprint density at radius 3 is 3.00 bits per heavy atom. The van der Waals surface area contributed by atoms with Crippen LogP contribution in [0.25, 0.3) is 0 Å². The highest BCUT2D eigenvalue weighted by molar-refractivity contribution is 5.64. The molecule has 19 heavy (non-hydrogen) atoms. The molecule has 0 radical (unpaired) electrons. The van der Waals surface area contributed by atoms with Gasteiger partial charge in [-0.05, 0) is 20.4 Å². The molecule has 0 bridgehead atoms. The predicted octanol–water partition coefficient (Wildman–Crippen LogP) is 0.926. The SMILES string of the molecule is CCCn1nc(C)c(N)c1NCC1CN(C)CCO1. The van der Waals surface area contributed by atoms with E-state index in [2.05, 4.69) is 29.3 Å². The van der Waals surface area contributed by atoms with Crippen molar-refractivity contribution in [2.24, 2.45) is 0 Å². The lowest BCUT2D eigenvalue weighted by atomic mass is 10.3. The van der Waals surface area contributed by atoms with Crippen molar-refractivity contribution in [1.29, 1.82) is 0 Å².